The Hall–Kier alpha value is -1.88. The lowest BCUT2D eigenvalue weighted by Crippen LogP contribution is -2.39. The summed E-state index contributed by atoms with van der Waals surface area (Å²) in [6, 6.07) is 7.91. The number of anilines is 1. The molecular formula is C21H31N3O2. The molecule has 2 amide bonds. The number of rotatable bonds is 6. The fourth-order valence-corrected chi connectivity index (χ4v) is 4.34. The molecule has 1 aliphatic heterocycles. The first-order valence-corrected chi connectivity index (χ1v) is 9.93. The fraction of sp³-hybridized carbons (Fsp3) is 0.619. The molecule has 1 saturated heterocycles. The van der Waals surface area contributed by atoms with Gasteiger partial charge in [-0.1, -0.05) is 31.4 Å². The highest BCUT2D eigenvalue weighted by atomic mass is 16.2. The molecule has 0 aromatic heterocycles. The number of nitrogens with zero attached hydrogens (tertiary/aromatic N) is 1. The molecule has 1 aromatic rings. The van der Waals surface area contributed by atoms with Gasteiger partial charge in [0.1, 0.15) is 0 Å². The summed E-state index contributed by atoms with van der Waals surface area (Å²) in [5.41, 5.74) is 7.99. The minimum atomic E-state index is -0.0516. The molecule has 0 spiro atoms. The Balaban J connectivity index is 1.57. The Morgan fingerprint density at radius 1 is 1.19 bits per heavy atom. The van der Waals surface area contributed by atoms with Crippen molar-refractivity contribution in [3.63, 3.8) is 0 Å². The monoisotopic (exact) mass is 357 g/mol. The molecule has 1 atom stereocenters. The van der Waals surface area contributed by atoms with E-state index in [1.807, 2.05) is 36.1 Å². The predicted molar refractivity (Wildman–Crippen MR) is 104 cm³/mol. The molecule has 1 aliphatic carbocycles. The maximum atomic E-state index is 12.6. The first-order chi connectivity index (χ1) is 12.5. The molecule has 1 saturated carbocycles. The van der Waals surface area contributed by atoms with E-state index in [4.69, 9.17) is 5.73 Å². The van der Waals surface area contributed by atoms with Gasteiger partial charge >= 0.3 is 0 Å². The van der Waals surface area contributed by atoms with Gasteiger partial charge in [0.25, 0.3) is 0 Å². The summed E-state index contributed by atoms with van der Waals surface area (Å²) >= 11 is 0. The molecule has 0 radical (unpaired) electrons. The first-order valence-electron chi connectivity index (χ1n) is 9.93. The van der Waals surface area contributed by atoms with E-state index in [1.54, 1.807) is 0 Å². The molecule has 3 rings (SSSR count). The number of carbonyl (C=O) groups is 2. The van der Waals surface area contributed by atoms with Gasteiger partial charge in [0.05, 0.1) is 6.04 Å². The van der Waals surface area contributed by atoms with Crippen molar-refractivity contribution >= 4 is 17.5 Å². The number of nitrogens with two attached hydrogens (primary N) is 1. The number of amides is 2. The molecule has 1 unspecified atom stereocenters. The zero-order chi connectivity index (χ0) is 18.6. The molecule has 1 heterocycles. The lowest BCUT2D eigenvalue weighted by atomic mass is 9.71. The summed E-state index contributed by atoms with van der Waals surface area (Å²) in [4.78, 5) is 26.2. The van der Waals surface area contributed by atoms with E-state index in [9.17, 15) is 9.59 Å². The van der Waals surface area contributed by atoms with Crippen LogP contribution in [0.2, 0.25) is 0 Å². The van der Waals surface area contributed by atoms with Gasteiger partial charge in [0, 0.05) is 25.1 Å². The van der Waals surface area contributed by atoms with Crippen LogP contribution < -0.4 is 16.0 Å². The number of hydrogen-bond acceptors (Lipinski definition) is 3. The third-order valence-corrected chi connectivity index (χ3v) is 6.04. The van der Waals surface area contributed by atoms with Crippen molar-refractivity contribution in [3.8, 4) is 0 Å². The van der Waals surface area contributed by atoms with E-state index in [0.29, 0.717) is 19.4 Å². The normalized spacial score (nSPS) is 20.8. The van der Waals surface area contributed by atoms with Crippen LogP contribution in [-0.2, 0) is 9.59 Å². The molecule has 2 fully saturated rings. The summed E-state index contributed by atoms with van der Waals surface area (Å²) in [5, 5.41) is 3.13. The fourth-order valence-electron chi connectivity index (χ4n) is 4.34. The van der Waals surface area contributed by atoms with E-state index >= 15 is 0 Å². The van der Waals surface area contributed by atoms with E-state index in [0.717, 1.165) is 37.1 Å². The van der Waals surface area contributed by atoms with Crippen molar-refractivity contribution in [2.75, 3.05) is 18.0 Å². The van der Waals surface area contributed by atoms with Crippen molar-refractivity contribution in [1.82, 2.24) is 5.32 Å². The van der Waals surface area contributed by atoms with Crippen LogP contribution in [0.15, 0.2) is 24.3 Å². The number of hydrogen-bond donors (Lipinski definition) is 2. The zero-order valence-corrected chi connectivity index (χ0v) is 15.8. The summed E-state index contributed by atoms with van der Waals surface area (Å²) in [6.07, 6.45) is 7.81. The van der Waals surface area contributed by atoms with Crippen LogP contribution in [0.5, 0.6) is 0 Å². The summed E-state index contributed by atoms with van der Waals surface area (Å²) in [5.74, 6) is 0.280. The van der Waals surface area contributed by atoms with Crippen LogP contribution in [0.25, 0.3) is 0 Å². The maximum absolute atomic E-state index is 12.6. The maximum Gasteiger partial charge on any atom is 0.227 e. The Morgan fingerprint density at radius 2 is 1.88 bits per heavy atom. The lowest BCUT2D eigenvalue weighted by Gasteiger charge is -2.36. The minimum Gasteiger partial charge on any atom is -0.350 e. The van der Waals surface area contributed by atoms with Gasteiger partial charge in [-0.05, 0) is 55.8 Å². The number of nitrogens with one attached hydrogen (secondary N) is 1. The SMILES string of the molecule is CC(NC(=O)CC1(CN)CCCCC1)c1ccc(N2CCCC2=O)cc1. The van der Waals surface area contributed by atoms with Gasteiger partial charge in [0.2, 0.25) is 11.8 Å². The smallest absolute Gasteiger partial charge is 0.227 e. The average Bonchev–Trinajstić information content (AvgIpc) is 3.08. The summed E-state index contributed by atoms with van der Waals surface area (Å²) in [7, 11) is 0. The van der Waals surface area contributed by atoms with Crippen LogP contribution in [0.3, 0.4) is 0 Å². The Labute approximate surface area is 156 Å². The second-order valence-electron chi connectivity index (χ2n) is 7.97. The standard InChI is InChI=1S/C21H31N3O2/c1-16(23-19(25)14-21(15-22)11-3-2-4-12-21)17-7-9-18(10-8-17)24-13-5-6-20(24)26/h7-10,16H,2-6,11-15,22H2,1H3,(H,23,25). The van der Waals surface area contributed by atoms with E-state index in [1.165, 1.54) is 19.3 Å². The topological polar surface area (TPSA) is 75.4 Å². The Morgan fingerprint density at radius 3 is 2.46 bits per heavy atom. The van der Waals surface area contributed by atoms with Crippen LogP contribution in [-0.4, -0.2) is 24.9 Å². The van der Waals surface area contributed by atoms with Gasteiger partial charge in [-0.15, -0.1) is 0 Å². The van der Waals surface area contributed by atoms with Crippen molar-refractivity contribution in [2.45, 2.75) is 64.3 Å². The molecular weight excluding hydrogens is 326 g/mol. The highest BCUT2D eigenvalue weighted by molar-refractivity contribution is 5.95. The van der Waals surface area contributed by atoms with Gasteiger partial charge < -0.3 is 16.0 Å². The molecule has 26 heavy (non-hydrogen) atoms. The van der Waals surface area contributed by atoms with Crippen LogP contribution in [0.1, 0.15) is 69.9 Å². The highest BCUT2D eigenvalue weighted by Gasteiger charge is 2.33. The second-order valence-corrected chi connectivity index (χ2v) is 7.97. The Kier molecular flexibility index (Phi) is 5.97. The second kappa shape index (κ2) is 8.21. The molecule has 0 bridgehead atoms. The Bertz CT molecular complexity index is 635. The predicted octanol–water partition coefficient (Wildman–Crippen LogP) is 3.29. The lowest BCUT2D eigenvalue weighted by molar-refractivity contribution is -0.124. The average molecular weight is 357 g/mol. The highest BCUT2D eigenvalue weighted by Crippen LogP contribution is 2.38. The molecule has 2 aliphatic rings. The third kappa shape index (κ3) is 4.26. The van der Waals surface area contributed by atoms with E-state index in [-0.39, 0.29) is 23.3 Å². The van der Waals surface area contributed by atoms with E-state index < -0.39 is 0 Å². The molecule has 3 N–H and O–H groups in total. The van der Waals surface area contributed by atoms with Crippen LogP contribution >= 0.6 is 0 Å². The van der Waals surface area contributed by atoms with Crippen LogP contribution in [0, 0.1) is 5.41 Å². The van der Waals surface area contributed by atoms with Gasteiger partial charge in [-0.25, -0.2) is 0 Å². The number of benzene rings is 1. The van der Waals surface area contributed by atoms with Gasteiger partial charge in [0.15, 0.2) is 0 Å². The molecule has 142 valence electrons. The van der Waals surface area contributed by atoms with E-state index in [2.05, 4.69) is 5.32 Å². The van der Waals surface area contributed by atoms with Crippen molar-refractivity contribution < 1.29 is 9.59 Å². The van der Waals surface area contributed by atoms with Gasteiger partial charge in [-0.2, -0.15) is 0 Å². The molecule has 5 nitrogen and oxygen atoms in total. The first kappa shape index (κ1) is 18.9. The summed E-state index contributed by atoms with van der Waals surface area (Å²) in [6.45, 7) is 3.39. The number of carbonyl (C=O) groups excluding carboxylic acids is 2. The zero-order valence-electron chi connectivity index (χ0n) is 15.8. The largest absolute Gasteiger partial charge is 0.350 e. The molecule has 1 aromatic carbocycles. The van der Waals surface area contributed by atoms with Crippen molar-refractivity contribution in [1.29, 1.82) is 0 Å². The quantitative estimate of drug-likeness (QED) is 0.820. The third-order valence-electron chi connectivity index (χ3n) is 6.04. The van der Waals surface area contributed by atoms with Crippen molar-refractivity contribution in [2.24, 2.45) is 11.1 Å². The van der Waals surface area contributed by atoms with Crippen molar-refractivity contribution in [3.05, 3.63) is 29.8 Å². The van der Waals surface area contributed by atoms with Crippen LogP contribution in [0.4, 0.5) is 5.69 Å². The summed E-state index contributed by atoms with van der Waals surface area (Å²) < 4.78 is 0. The molecule has 5 heteroatoms. The minimum absolute atomic E-state index is 0.0119. The van der Waals surface area contributed by atoms with Gasteiger partial charge in [-0.3, -0.25) is 9.59 Å².